The Bertz CT molecular complexity index is 294. The summed E-state index contributed by atoms with van der Waals surface area (Å²) in [5.74, 6) is 0. The van der Waals surface area contributed by atoms with Crippen LogP contribution in [0.3, 0.4) is 0 Å². The molecular weight excluding hydrogens is 172 g/mol. The van der Waals surface area contributed by atoms with Gasteiger partial charge in [0.2, 0.25) is 0 Å². The molecule has 0 unspecified atom stereocenters. The van der Waals surface area contributed by atoms with Gasteiger partial charge in [-0.15, -0.1) is 0 Å². The van der Waals surface area contributed by atoms with Crippen molar-refractivity contribution < 1.29 is 0 Å². The van der Waals surface area contributed by atoms with Crippen LogP contribution in [-0.2, 0) is 0 Å². The van der Waals surface area contributed by atoms with Crippen LogP contribution < -0.4 is 10.6 Å². The van der Waals surface area contributed by atoms with Crippen molar-refractivity contribution in [3.63, 3.8) is 0 Å². The predicted octanol–water partition coefficient (Wildman–Crippen LogP) is 2.81. The number of hydrogen-bond acceptors (Lipinski definition) is 2. The molecule has 0 saturated heterocycles. The molecule has 2 N–H and O–H groups in total. The van der Waals surface area contributed by atoms with Crippen LogP contribution in [0, 0.1) is 6.92 Å². The number of anilines is 2. The third-order valence-electron chi connectivity index (χ3n) is 2.44. The van der Waals surface area contributed by atoms with E-state index in [-0.39, 0.29) is 0 Å². The molecule has 0 aliphatic carbocycles. The van der Waals surface area contributed by atoms with Gasteiger partial charge in [-0.05, 0) is 31.0 Å². The van der Waals surface area contributed by atoms with E-state index in [1.165, 1.54) is 18.4 Å². The minimum absolute atomic E-state index is 0.870. The smallest absolute Gasteiger partial charge is 0.0599 e. The van der Waals surface area contributed by atoms with E-state index in [2.05, 4.69) is 31.9 Å². The first kappa shape index (κ1) is 10.9. The van der Waals surface area contributed by atoms with Crippen molar-refractivity contribution in [1.29, 1.82) is 0 Å². The summed E-state index contributed by atoms with van der Waals surface area (Å²) in [6, 6.07) is 6.17. The van der Waals surface area contributed by atoms with Crippen molar-refractivity contribution in [1.82, 2.24) is 0 Å². The molecule has 0 aromatic heterocycles. The third kappa shape index (κ3) is 2.66. The Hall–Kier alpha value is -1.18. The zero-order valence-electron chi connectivity index (χ0n) is 9.38. The van der Waals surface area contributed by atoms with Crippen molar-refractivity contribution in [2.45, 2.75) is 26.7 Å². The summed E-state index contributed by atoms with van der Waals surface area (Å²) in [7, 11) is 2.10. The summed E-state index contributed by atoms with van der Waals surface area (Å²) in [6.45, 7) is 5.37. The van der Waals surface area contributed by atoms with Crippen molar-refractivity contribution in [3.8, 4) is 0 Å². The highest BCUT2D eigenvalue weighted by molar-refractivity contribution is 5.68. The van der Waals surface area contributed by atoms with Gasteiger partial charge in [-0.25, -0.2) is 0 Å². The molecule has 2 nitrogen and oxygen atoms in total. The first-order valence-corrected chi connectivity index (χ1v) is 5.22. The van der Waals surface area contributed by atoms with Gasteiger partial charge in [0.25, 0.3) is 0 Å². The lowest BCUT2D eigenvalue weighted by Gasteiger charge is -2.21. The molecule has 0 radical (unpaired) electrons. The quantitative estimate of drug-likeness (QED) is 0.743. The second-order valence-electron chi connectivity index (χ2n) is 3.84. The van der Waals surface area contributed by atoms with Gasteiger partial charge in [0.05, 0.1) is 11.4 Å². The fraction of sp³-hybridized carbons (Fsp3) is 0.500. The highest BCUT2D eigenvalue weighted by atomic mass is 15.1. The lowest BCUT2D eigenvalue weighted by atomic mass is 10.1. The van der Waals surface area contributed by atoms with Crippen LogP contribution >= 0.6 is 0 Å². The van der Waals surface area contributed by atoms with Gasteiger partial charge in [-0.1, -0.05) is 19.4 Å². The molecule has 0 atom stereocenters. The molecule has 2 heteroatoms. The van der Waals surface area contributed by atoms with Crippen molar-refractivity contribution in [2.75, 3.05) is 24.2 Å². The molecule has 0 saturated carbocycles. The normalized spacial score (nSPS) is 10.2. The number of nitrogen functional groups attached to an aromatic ring is 1. The molecule has 1 aromatic rings. The van der Waals surface area contributed by atoms with Crippen LogP contribution in [0.15, 0.2) is 18.2 Å². The van der Waals surface area contributed by atoms with Crippen LogP contribution in [0.4, 0.5) is 11.4 Å². The second-order valence-corrected chi connectivity index (χ2v) is 3.84. The average molecular weight is 192 g/mol. The fourth-order valence-corrected chi connectivity index (χ4v) is 1.50. The van der Waals surface area contributed by atoms with Gasteiger partial charge in [0, 0.05) is 13.6 Å². The van der Waals surface area contributed by atoms with E-state index in [4.69, 9.17) is 5.73 Å². The van der Waals surface area contributed by atoms with Crippen LogP contribution in [-0.4, -0.2) is 13.6 Å². The maximum Gasteiger partial charge on any atom is 0.0599 e. The highest BCUT2D eigenvalue weighted by Gasteiger charge is 2.04. The number of benzene rings is 1. The molecule has 0 heterocycles. The Morgan fingerprint density at radius 2 is 2.07 bits per heavy atom. The number of hydrogen-bond donors (Lipinski definition) is 1. The predicted molar refractivity (Wildman–Crippen MR) is 63.8 cm³/mol. The molecule has 0 fully saturated rings. The number of nitrogens with two attached hydrogens (primary N) is 1. The minimum Gasteiger partial charge on any atom is -0.397 e. The van der Waals surface area contributed by atoms with E-state index in [0.717, 1.165) is 17.9 Å². The number of nitrogens with zero attached hydrogens (tertiary/aromatic N) is 1. The Kier molecular flexibility index (Phi) is 3.81. The van der Waals surface area contributed by atoms with Crippen LogP contribution in [0.2, 0.25) is 0 Å². The Balaban J connectivity index is 2.77. The van der Waals surface area contributed by atoms with E-state index in [1.807, 2.05) is 12.1 Å². The molecular formula is C12H20N2. The Morgan fingerprint density at radius 3 is 2.71 bits per heavy atom. The average Bonchev–Trinajstić information content (AvgIpc) is 2.18. The SMILES string of the molecule is CCCCN(C)c1cc(C)ccc1N. The molecule has 1 aromatic carbocycles. The van der Waals surface area contributed by atoms with Gasteiger partial charge < -0.3 is 10.6 Å². The third-order valence-corrected chi connectivity index (χ3v) is 2.44. The molecule has 14 heavy (non-hydrogen) atoms. The molecule has 0 bridgehead atoms. The maximum absolute atomic E-state index is 5.92. The zero-order valence-corrected chi connectivity index (χ0v) is 9.38. The second kappa shape index (κ2) is 4.89. The largest absolute Gasteiger partial charge is 0.397 e. The molecule has 1 rings (SSSR count). The van der Waals surface area contributed by atoms with Crippen LogP contribution in [0.1, 0.15) is 25.3 Å². The van der Waals surface area contributed by atoms with Gasteiger partial charge in [0.15, 0.2) is 0 Å². The standard InChI is InChI=1S/C12H20N2/c1-4-5-8-14(3)12-9-10(2)6-7-11(12)13/h6-7,9H,4-5,8,13H2,1-3H3. The minimum atomic E-state index is 0.870. The number of aryl methyl sites for hydroxylation is 1. The first-order valence-electron chi connectivity index (χ1n) is 5.22. The van der Waals surface area contributed by atoms with Crippen molar-refractivity contribution in [3.05, 3.63) is 23.8 Å². The van der Waals surface area contributed by atoms with Crippen molar-refractivity contribution >= 4 is 11.4 Å². The monoisotopic (exact) mass is 192 g/mol. The van der Waals surface area contributed by atoms with Gasteiger partial charge >= 0.3 is 0 Å². The number of rotatable bonds is 4. The molecule has 78 valence electrons. The summed E-state index contributed by atoms with van der Waals surface area (Å²) >= 11 is 0. The van der Waals surface area contributed by atoms with Gasteiger partial charge in [0.1, 0.15) is 0 Å². The van der Waals surface area contributed by atoms with E-state index in [1.54, 1.807) is 0 Å². The fourth-order valence-electron chi connectivity index (χ4n) is 1.50. The maximum atomic E-state index is 5.92. The van der Waals surface area contributed by atoms with Crippen LogP contribution in [0.5, 0.6) is 0 Å². The molecule has 0 spiro atoms. The lowest BCUT2D eigenvalue weighted by molar-refractivity contribution is 0.767. The van der Waals surface area contributed by atoms with Crippen molar-refractivity contribution in [2.24, 2.45) is 0 Å². The van der Waals surface area contributed by atoms with E-state index in [9.17, 15) is 0 Å². The Labute approximate surface area is 86.7 Å². The molecule has 0 amide bonds. The van der Waals surface area contributed by atoms with E-state index < -0.39 is 0 Å². The summed E-state index contributed by atoms with van der Waals surface area (Å²) in [5.41, 5.74) is 9.20. The first-order chi connectivity index (χ1) is 6.65. The van der Waals surface area contributed by atoms with E-state index in [0.29, 0.717) is 0 Å². The highest BCUT2D eigenvalue weighted by Crippen LogP contribution is 2.23. The lowest BCUT2D eigenvalue weighted by Crippen LogP contribution is -2.19. The topological polar surface area (TPSA) is 29.3 Å². The summed E-state index contributed by atoms with van der Waals surface area (Å²) in [6.07, 6.45) is 2.43. The van der Waals surface area contributed by atoms with E-state index >= 15 is 0 Å². The zero-order chi connectivity index (χ0) is 10.6. The van der Waals surface area contributed by atoms with Gasteiger partial charge in [-0.3, -0.25) is 0 Å². The number of unbranched alkanes of at least 4 members (excludes halogenated alkanes) is 1. The Morgan fingerprint density at radius 1 is 1.36 bits per heavy atom. The summed E-state index contributed by atoms with van der Waals surface area (Å²) in [4.78, 5) is 2.23. The summed E-state index contributed by atoms with van der Waals surface area (Å²) in [5, 5.41) is 0. The van der Waals surface area contributed by atoms with Gasteiger partial charge in [-0.2, -0.15) is 0 Å². The summed E-state index contributed by atoms with van der Waals surface area (Å²) < 4.78 is 0. The molecule has 0 aliphatic rings. The van der Waals surface area contributed by atoms with Crippen LogP contribution in [0.25, 0.3) is 0 Å². The molecule has 0 aliphatic heterocycles.